The van der Waals surface area contributed by atoms with Crippen LogP contribution >= 0.6 is 23.2 Å². The van der Waals surface area contributed by atoms with Crippen molar-refractivity contribution in [2.75, 3.05) is 33.9 Å². The molecule has 1 aliphatic rings. The first-order valence-corrected chi connectivity index (χ1v) is 13.6. The van der Waals surface area contributed by atoms with Gasteiger partial charge in [0.1, 0.15) is 6.10 Å². The van der Waals surface area contributed by atoms with E-state index in [1.807, 2.05) is 25.2 Å². The summed E-state index contributed by atoms with van der Waals surface area (Å²) in [4.78, 5) is 24.5. The topological polar surface area (TPSA) is 88.7 Å². The highest BCUT2D eigenvalue weighted by molar-refractivity contribution is 6.31. The van der Waals surface area contributed by atoms with Crippen molar-refractivity contribution in [2.45, 2.75) is 50.7 Å². The number of amides is 2. The third-order valence-electron chi connectivity index (χ3n) is 6.74. The van der Waals surface area contributed by atoms with E-state index in [1.54, 1.807) is 24.3 Å². The Kier molecular flexibility index (Phi) is 12.0. The highest BCUT2D eigenvalue weighted by atomic mass is 35.5. The number of nitrogens with one attached hydrogen (secondary N) is 3. The van der Waals surface area contributed by atoms with Crippen LogP contribution in [-0.2, 0) is 9.47 Å². The molecule has 3 N–H and O–H groups in total. The molecule has 202 valence electrons. The summed E-state index contributed by atoms with van der Waals surface area (Å²) in [6, 6.07) is 12.8. The molecule has 1 saturated carbocycles. The maximum atomic E-state index is 13.1. The Balaban J connectivity index is 1.71. The largest absolute Gasteiger partial charge is 0.453 e. The monoisotopic (exact) mass is 549 g/mol. The number of alkyl carbamates (subject to hydrolysis) is 1. The van der Waals surface area contributed by atoms with E-state index in [4.69, 9.17) is 27.9 Å². The van der Waals surface area contributed by atoms with Crippen molar-refractivity contribution in [3.8, 4) is 0 Å². The molecule has 0 spiro atoms. The number of rotatable bonds is 12. The maximum Gasteiger partial charge on any atom is 0.406 e. The SMILES string of the molecule is CNC(CNC(=O)c1cc(Cl)cc([C@@H](OCCNC(=O)OC)c2cccc(Cl)c2)c1)CC1CCCCC1. The van der Waals surface area contributed by atoms with Gasteiger partial charge in [-0.15, -0.1) is 0 Å². The van der Waals surface area contributed by atoms with Crippen LogP contribution < -0.4 is 16.0 Å². The molecule has 1 fully saturated rings. The van der Waals surface area contributed by atoms with Gasteiger partial charge in [-0.25, -0.2) is 4.79 Å². The molecule has 0 radical (unpaired) electrons. The van der Waals surface area contributed by atoms with Gasteiger partial charge in [0.2, 0.25) is 0 Å². The number of hydrogen-bond acceptors (Lipinski definition) is 5. The predicted octanol–water partition coefficient (Wildman–Crippen LogP) is 5.74. The van der Waals surface area contributed by atoms with Gasteiger partial charge >= 0.3 is 6.09 Å². The molecular weight excluding hydrogens is 513 g/mol. The molecule has 2 aromatic carbocycles. The Bertz CT molecular complexity index is 1030. The molecule has 0 aromatic heterocycles. The fourth-order valence-corrected chi connectivity index (χ4v) is 5.24. The number of ether oxygens (including phenoxy) is 2. The molecule has 0 bridgehead atoms. The van der Waals surface area contributed by atoms with Gasteiger partial charge in [-0.2, -0.15) is 0 Å². The summed E-state index contributed by atoms with van der Waals surface area (Å²) in [5.74, 6) is 0.523. The molecule has 3 rings (SSSR count). The van der Waals surface area contributed by atoms with Crippen molar-refractivity contribution >= 4 is 35.2 Å². The number of benzene rings is 2. The molecule has 0 saturated heterocycles. The van der Waals surface area contributed by atoms with Gasteiger partial charge in [0.15, 0.2) is 0 Å². The summed E-state index contributed by atoms with van der Waals surface area (Å²) in [7, 11) is 3.25. The molecular formula is C28H37Cl2N3O4. The highest BCUT2D eigenvalue weighted by Gasteiger charge is 2.21. The van der Waals surface area contributed by atoms with Crippen molar-refractivity contribution < 1.29 is 19.1 Å². The van der Waals surface area contributed by atoms with Crippen LogP contribution in [0.2, 0.25) is 10.0 Å². The first kappa shape index (κ1) is 29.2. The average Bonchev–Trinajstić information content (AvgIpc) is 2.90. The van der Waals surface area contributed by atoms with Crippen LogP contribution in [0.25, 0.3) is 0 Å². The summed E-state index contributed by atoms with van der Waals surface area (Å²) >= 11 is 12.7. The van der Waals surface area contributed by atoms with Crippen molar-refractivity contribution in [2.24, 2.45) is 5.92 Å². The van der Waals surface area contributed by atoms with Gasteiger partial charge in [-0.05, 0) is 60.8 Å². The second-order valence-electron chi connectivity index (χ2n) is 9.43. The zero-order chi connectivity index (χ0) is 26.6. The number of halogens is 2. The minimum absolute atomic E-state index is 0.190. The van der Waals surface area contributed by atoms with E-state index >= 15 is 0 Å². The fraction of sp³-hybridized carbons (Fsp3) is 0.500. The van der Waals surface area contributed by atoms with Crippen LogP contribution in [0.4, 0.5) is 4.79 Å². The Hall–Kier alpha value is -2.32. The molecule has 2 atom stereocenters. The Morgan fingerprint density at radius 1 is 1.00 bits per heavy atom. The second kappa shape index (κ2) is 15.2. The van der Waals surface area contributed by atoms with Crippen molar-refractivity contribution in [3.63, 3.8) is 0 Å². The van der Waals surface area contributed by atoms with Gasteiger partial charge in [0.05, 0.1) is 13.7 Å². The quantitative estimate of drug-likeness (QED) is 0.293. The smallest absolute Gasteiger partial charge is 0.406 e. The maximum absolute atomic E-state index is 13.1. The number of hydrogen-bond donors (Lipinski definition) is 3. The van der Waals surface area contributed by atoms with Crippen molar-refractivity contribution in [3.05, 3.63) is 69.2 Å². The van der Waals surface area contributed by atoms with E-state index < -0.39 is 12.2 Å². The zero-order valence-electron chi connectivity index (χ0n) is 21.5. The van der Waals surface area contributed by atoms with E-state index in [0.29, 0.717) is 33.6 Å². The van der Waals surface area contributed by atoms with Crippen LogP contribution in [0.15, 0.2) is 42.5 Å². The molecule has 0 heterocycles. The number of carbonyl (C=O) groups excluding carboxylic acids is 2. The standard InChI is InChI=1S/C28H37Cl2N3O4/c1-31-25(13-19-7-4-3-5-8-19)18-33-27(34)22-14-21(16-24(30)17-22)26(20-9-6-10-23(29)15-20)37-12-11-32-28(35)36-2/h6,9-10,14-17,19,25-26,31H,3-5,7-8,11-13,18H2,1-2H3,(H,32,35)(H,33,34)/t25?,26-/m0/s1. The molecule has 1 unspecified atom stereocenters. The summed E-state index contributed by atoms with van der Waals surface area (Å²) in [5, 5.41) is 10.0. The Morgan fingerprint density at radius 2 is 1.76 bits per heavy atom. The molecule has 0 aliphatic heterocycles. The van der Waals surface area contributed by atoms with Crippen LogP contribution in [0, 0.1) is 5.92 Å². The van der Waals surface area contributed by atoms with E-state index in [2.05, 4.69) is 20.7 Å². The molecule has 2 aromatic rings. The molecule has 7 nitrogen and oxygen atoms in total. The lowest BCUT2D eigenvalue weighted by atomic mass is 9.85. The number of methoxy groups -OCH3 is 1. The number of carbonyl (C=O) groups is 2. The fourth-order valence-electron chi connectivity index (χ4n) is 4.80. The lowest BCUT2D eigenvalue weighted by Crippen LogP contribution is -2.40. The van der Waals surface area contributed by atoms with Gasteiger partial charge in [0, 0.05) is 34.7 Å². The summed E-state index contributed by atoms with van der Waals surface area (Å²) in [6.07, 6.45) is 6.44. The van der Waals surface area contributed by atoms with Gasteiger partial charge < -0.3 is 25.4 Å². The van der Waals surface area contributed by atoms with Gasteiger partial charge in [-0.1, -0.05) is 67.4 Å². The Morgan fingerprint density at radius 3 is 2.46 bits per heavy atom. The Labute approximate surface area is 229 Å². The molecule has 37 heavy (non-hydrogen) atoms. The first-order chi connectivity index (χ1) is 17.9. The second-order valence-corrected chi connectivity index (χ2v) is 10.3. The van der Waals surface area contributed by atoms with Crippen LogP contribution in [0.5, 0.6) is 0 Å². The van der Waals surface area contributed by atoms with Crippen LogP contribution in [-0.4, -0.2) is 51.9 Å². The van der Waals surface area contributed by atoms with Gasteiger partial charge in [-0.3, -0.25) is 4.79 Å². The lowest BCUT2D eigenvalue weighted by Gasteiger charge is -2.26. The average molecular weight is 551 g/mol. The molecule has 9 heteroatoms. The van der Waals surface area contributed by atoms with E-state index in [-0.39, 0.29) is 25.1 Å². The lowest BCUT2D eigenvalue weighted by molar-refractivity contribution is 0.0804. The number of likely N-dealkylation sites (N-methyl/N-ethyl adjacent to an activating group) is 1. The van der Waals surface area contributed by atoms with E-state index in [0.717, 1.165) is 12.0 Å². The van der Waals surface area contributed by atoms with Crippen LogP contribution in [0.1, 0.15) is 66.1 Å². The minimum Gasteiger partial charge on any atom is -0.453 e. The predicted molar refractivity (Wildman–Crippen MR) is 147 cm³/mol. The third kappa shape index (κ3) is 9.49. The van der Waals surface area contributed by atoms with E-state index in [9.17, 15) is 9.59 Å². The van der Waals surface area contributed by atoms with Crippen LogP contribution in [0.3, 0.4) is 0 Å². The first-order valence-electron chi connectivity index (χ1n) is 12.8. The molecule has 2 amide bonds. The van der Waals surface area contributed by atoms with Crippen molar-refractivity contribution in [1.29, 1.82) is 0 Å². The third-order valence-corrected chi connectivity index (χ3v) is 7.19. The summed E-state index contributed by atoms with van der Waals surface area (Å²) in [5.41, 5.74) is 1.98. The summed E-state index contributed by atoms with van der Waals surface area (Å²) in [6.45, 7) is 1.01. The minimum atomic E-state index is -0.542. The summed E-state index contributed by atoms with van der Waals surface area (Å²) < 4.78 is 10.7. The molecule has 1 aliphatic carbocycles. The van der Waals surface area contributed by atoms with Crippen molar-refractivity contribution in [1.82, 2.24) is 16.0 Å². The zero-order valence-corrected chi connectivity index (χ0v) is 23.0. The van der Waals surface area contributed by atoms with Gasteiger partial charge in [0.25, 0.3) is 5.91 Å². The highest BCUT2D eigenvalue weighted by Crippen LogP contribution is 2.31. The van der Waals surface area contributed by atoms with E-state index in [1.165, 1.54) is 39.2 Å². The normalized spacial score (nSPS) is 15.6.